The fraction of sp³-hybridized carbons (Fsp3) is 0.545. The average molecular weight is 242 g/mol. The summed E-state index contributed by atoms with van der Waals surface area (Å²) in [6, 6.07) is 3.48. The molecule has 0 bridgehead atoms. The van der Waals surface area contributed by atoms with Gasteiger partial charge in [-0.05, 0) is 24.8 Å². The molecule has 0 amide bonds. The van der Waals surface area contributed by atoms with Crippen molar-refractivity contribution in [2.75, 3.05) is 30.3 Å². The van der Waals surface area contributed by atoms with E-state index in [1.54, 1.807) is 6.07 Å². The van der Waals surface area contributed by atoms with Crippen molar-refractivity contribution in [3.8, 4) is 0 Å². The van der Waals surface area contributed by atoms with Crippen molar-refractivity contribution in [1.29, 1.82) is 0 Å². The third-order valence-electron chi connectivity index (χ3n) is 3.00. The van der Waals surface area contributed by atoms with Crippen LogP contribution in [0.25, 0.3) is 0 Å². The maximum atomic E-state index is 9.06. The van der Waals surface area contributed by atoms with Gasteiger partial charge in [-0.15, -0.1) is 0 Å². The molecule has 1 fully saturated rings. The first-order valence-corrected chi connectivity index (χ1v) is 5.85. The van der Waals surface area contributed by atoms with E-state index in [1.165, 1.54) is 0 Å². The molecule has 2 heterocycles. The molecule has 4 nitrogen and oxygen atoms in total. The van der Waals surface area contributed by atoms with Gasteiger partial charge in [0.2, 0.25) is 0 Å². The lowest BCUT2D eigenvalue weighted by atomic mass is 9.98. The number of hydrogen-bond acceptors (Lipinski definition) is 4. The summed E-state index contributed by atoms with van der Waals surface area (Å²) in [6.45, 7) is 2.08. The number of aliphatic hydroxyl groups is 1. The topological polar surface area (TPSA) is 62.4 Å². The molecule has 88 valence electrons. The smallest absolute Gasteiger partial charge is 0.133 e. The van der Waals surface area contributed by atoms with Crippen molar-refractivity contribution in [3.63, 3.8) is 0 Å². The third kappa shape index (κ3) is 2.57. The Hall–Kier alpha value is -1.00. The Morgan fingerprint density at radius 3 is 2.69 bits per heavy atom. The van der Waals surface area contributed by atoms with E-state index in [-0.39, 0.29) is 6.61 Å². The number of rotatable bonds is 2. The number of nitrogens with zero attached hydrogens (tertiary/aromatic N) is 2. The normalized spacial score (nSPS) is 17.8. The summed E-state index contributed by atoms with van der Waals surface area (Å²) in [5.41, 5.74) is 6.37. The maximum Gasteiger partial charge on any atom is 0.133 e. The second-order valence-corrected chi connectivity index (χ2v) is 4.58. The zero-order valence-corrected chi connectivity index (χ0v) is 9.82. The van der Waals surface area contributed by atoms with E-state index in [2.05, 4.69) is 9.88 Å². The molecule has 5 heteroatoms. The molecule has 1 saturated heterocycles. The second-order valence-electron chi connectivity index (χ2n) is 4.19. The molecular formula is C11H16ClN3O. The second kappa shape index (κ2) is 4.89. The van der Waals surface area contributed by atoms with Crippen LogP contribution in [0.1, 0.15) is 12.8 Å². The van der Waals surface area contributed by atoms with Crippen LogP contribution in [0.3, 0.4) is 0 Å². The molecule has 1 aromatic heterocycles. The van der Waals surface area contributed by atoms with Crippen LogP contribution in [0.15, 0.2) is 12.1 Å². The Kier molecular flexibility index (Phi) is 3.51. The van der Waals surface area contributed by atoms with E-state index >= 15 is 0 Å². The largest absolute Gasteiger partial charge is 0.399 e. The predicted octanol–water partition coefficient (Wildman–Crippen LogP) is 1.53. The summed E-state index contributed by atoms with van der Waals surface area (Å²) in [7, 11) is 0. The van der Waals surface area contributed by atoms with Gasteiger partial charge in [-0.3, -0.25) is 0 Å². The van der Waals surface area contributed by atoms with Crippen molar-refractivity contribution in [2.45, 2.75) is 12.8 Å². The molecule has 0 unspecified atom stereocenters. The lowest BCUT2D eigenvalue weighted by Crippen LogP contribution is -2.35. The van der Waals surface area contributed by atoms with Gasteiger partial charge in [-0.2, -0.15) is 0 Å². The number of piperidine rings is 1. The minimum absolute atomic E-state index is 0.277. The Balaban J connectivity index is 2.08. The summed E-state index contributed by atoms with van der Waals surface area (Å²) in [5, 5.41) is 9.49. The van der Waals surface area contributed by atoms with Gasteiger partial charge >= 0.3 is 0 Å². The van der Waals surface area contributed by atoms with Crippen molar-refractivity contribution >= 4 is 23.1 Å². The van der Waals surface area contributed by atoms with Gasteiger partial charge in [0.25, 0.3) is 0 Å². The van der Waals surface area contributed by atoms with Gasteiger partial charge in [-0.1, -0.05) is 11.6 Å². The number of hydrogen-bond donors (Lipinski definition) is 2. The van der Waals surface area contributed by atoms with Crippen LogP contribution in [0, 0.1) is 5.92 Å². The van der Waals surface area contributed by atoms with E-state index < -0.39 is 0 Å². The van der Waals surface area contributed by atoms with Gasteiger partial charge in [0.15, 0.2) is 0 Å². The number of pyridine rings is 1. The van der Waals surface area contributed by atoms with Crippen molar-refractivity contribution in [2.24, 2.45) is 5.92 Å². The fourth-order valence-electron chi connectivity index (χ4n) is 2.01. The van der Waals surface area contributed by atoms with Crippen LogP contribution < -0.4 is 10.6 Å². The minimum atomic E-state index is 0.277. The third-order valence-corrected chi connectivity index (χ3v) is 3.19. The first-order valence-electron chi connectivity index (χ1n) is 5.48. The zero-order chi connectivity index (χ0) is 11.5. The van der Waals surface area contributed by atoms with Crippen molar-refractivity contribution in [1.82, 2.24) is 4.98 Å². The highest BCUT2D eigenvalue weighted by Gasteiger charge is 2.19. The molecule has 1 aliphatic rings. The number of nitrogens with two attached hydrogens (primary N) is 1. The Labute approximate surface area is 100 Å². The summed E-state index contributed by atoms with van der Waals surface area (Å²) < 4.78 is 0. The number of anilines is 2. The number of nitrogen functional groups attached to an aromatic ring is 1. The highest BCUT2D eigenvalue weighted by atomic mass is 35.5. The van der Waals surface area contributed by atoms with Crippen LogP contribution in [0.5, 0.6) is 0 Å². The minimum Gasteiger partial charge on any atom is -0.399 e. The van der Waals surface area contributed by atoms with Gasteiger partial charge in [0.05, 0.1) is 0 Å². The highest BCUT2D eigenvalue weighted by molar-refractivity contribution is 6.29. The molecule has 0 atom stereocenters. The molecule has 0 spiro atoms. The number of halogens is 1. The van der Waals surface area contributed by atoms with E-state index in [9.17, 15) is 0 Å². The van der Waals surface area contributed by atoms with Gasteiger partial charge < -0.3 is 15.7 Å². The molecular weight excluding hydrogens is 226 g/mol. The van der Waals surface area contributed by atoms with E-state index in [0.717, 1.165) is 31.7 Å². The number of aromatic nitrogens is 1. The van der Waals surface area contributed by atoms with Crippen molar-refractivity contribution in [3.05, 3.63) is 17.3 Å². The first kappa shape index (κ1) is 11.5. The first-order chi connectivity index (χ1) is 7.69. The van der Waals surface area contributed by atoms with Crippen LogP contribution in [-0.2, 0) is 0 Å². The monoisotopic (exact) mass is 241 g/mol. The van der Waals surface area contributed by atoms with Gasteiger partial charge in [-0.25, -0.2) is 4.98 Å². The van der Waals surface area contributed by atoms with Crippen LogP contribution in [-0.4, -0.2) is 29.8 Å². The quantitative estimate of drug-likeness (QED) is 0.771. The zero-order valence-electron chi connectivity index (χ0n) is 9.06. The summed E-state index contributed by atoms with van der Waals surface area (Å²) in [6.07, 6.45) is 1.98. The molecule has 0 aromatic carbocycles. The average Bonchev–Trinajstić information content (AvgIpc) is 2.28. The summed E-state index contributed by atoms with van der Waals surface area (Å²) in [4.78, 5) is 6.42. The summed E-state index contributed by atoms with van der Waals surface area (Å²) in [5.74, 6) is 1.26. The highest BCUT2D eigenvalue weighted by Crippen LogP contribution is 2.24. The predicted molar refractivity (Wildman–Crippen MR) is 65.7 cm³/mol. The van der Waals surface area contributed by atoms with Crippen LogP contribution in [0.4, 0.5) is 11.5 Å². The molecule has 0 radical (unpaired) electrons. The van der Waals surface area contributed by atoms with Gasteiger partial charge in [0.1, 0.15) is 11.0 Å². The lowest BCUT2D eigenvalue weighted by molar-refractivity contribution is 0.203. The standard InChI is InChI=1S/C11H16ClN3O/c12-10-5-9(13)6-11(14-10)15-3-1-8(7-16)2-4-15/h5-6,8,16H,1-4,7H2,(H2,13,14). The van der Waals surface area contributed by atoms with Crippen molar-refractivity contribution < 1.29 is 5.11 Å². The van der Waals surface area contributed by atoms with Crippen LogP contribution in [0.2, 0.25) is 5.15 Å². The lowest BCUT2D eigenvalue weighted by Gasteiger charge is -2.32. The molecule has 1 aliphatic heterocycles. The Morgan fingerprint density at radius 2 is 2.12 bits per heavy atom. The fourth-order valence-corrected chi connectivity index (χ4v) is 2.22. The number of aliphatic hydroxyl groups excluding tert-OH is 1. The maximum absolute atomic E-state index is 9.06. The molecule has 1 aromatic rings. The molecule has 16 heavy (non-hydrogen) atoms. The van der Waals surface area contributed by atoms with Gasteiger partial charge in [0, 0.05) is 31.5 Å². The molecule has 0 saturated carbocycles. The Bertz CT molecular complexity index is 344. The molecule has 0 aliphatic carbocycles. The van der Waals surface area contributed by atoms with E-state index in [0.29, 0.717) is 16.8 Å². The summed E-state index contributed by atoms with van der Waals surface area (Å²) >= 11 is 5.87. The molecule has 2 rings (SSSR count). The van der Waals surface area contributed by atoms with E-state index in [1.807, 2.05) is 6.07 Å². The van der Waals surface area contributed by atoms with Crippen LogP contribution >= 0.6 is 11.6 Å². The molecule has 3 N–H and O–H groups in total. The van der Waals surface area contributed by atoms with E-state index in [4.69, 9.17) is 22.4 Å². The Morgan fingerprint density at radius 1 is 1.44 bits per heavy atom. The SMILES string of the molecule is Nc1cc(Cl)nc(N2CCC(CO)CC2)c1.